The molecule has 1 aliphatic heterocycles. The van der Waals surface area contributed by atoms with Gasteiger partial charge in [-0.15, -0.1) is 11.8 Å². The third-order valence-electron chi connectivity index (χ3n) is 9.89. The van der Waals surface area contributed by atoms with Gasteiger partial charge in [0.05, 0.1) is 17.2 Å². The highest BCUT2D eigenvalue weighted by Gasteiger charge is 2.34. The maximum atomic E-state index is 13.9. The molecule has 54 heavy (non-hydrogen) atoms. The number of ether oxygens (including phenoxy) is 2. The highest BCUT2D eigenvalue weighted by atomic mass is 32.2. The van der Waals surface area contributed by atoms with Gasteiger partial charge in [-0.2, -0.15) is 0 Å². The van der Waals surface area contributed by atoms with Crippen LogP contribution in [0.2, 0.25) is 0 Å². The number of benzene rings is 1. The summed E-state index contributed by atoms with van der Waals surface area (Å²) in [5, 5.41) is 21.2. The molecular weight excluding hydrogens is 707 g/mol. The van der Waals surface area contributed by atoms with Gasteiger partial charge in [0.25, 0.3) is 5.91 Å². The zero-order valence-corrected chi connectivity index (χ0v) is 33.3. The zero-order chi connectivity index (χ0) is 38.9. The number of nitrogens with zero attached hydrogens (tertiary/aromatic N) is 2. The van der Waals surface area contributed by atoms with Gasteiger partial charge in [0.15, 0.2) is 6.10 Å². The van der Waals surface area contributed by atoms with Crippen molar-refractivity contribution in [1.29, 1.82) is 0 Å². The summed E-state index contributed by atoms with van der Waals surface area (Å²) in [4.78, 5) is 59.5. The smallest absolute Gasteiger partial charge is 0.410 e. The van der Waals surface area contributed by atoms with E-state index in [9.17, 15) is 24.3 Å². The molecule has 2 aromatic rings. The van der Waals surface area contributed by atoms with Gasteiger partial charge in [-0.3, -0.25) is 9.59 Å². The Balaban J connectivity index is 1.39. The molecule has 1 aromatic heterocycles. The molecule has 0 radical (unpaired) electrons. The van der Waals surface area contributed by atoms with E-state index in [0.717, 1.165) is 36.3 Å². The van der Waals surface area contributed by atoms with Crippen LogP contribution < -0.4 is 16.0 Å². The maximum absolute atomic E-state index is 13.9. The lowest BCUT2D eigenvalue weighted by Crippen LogP contribution is -2.55. The molecule has 13 heteroatoms. The number of aromatic nitrogens is 1. The number of hydrogen-bond acceptors (Lipinski definition) is 9. The van der Waals surface area contributed by atoms with Crippen LogP contribution in [0.1, 0.15) is 104 Å². The number of amides is 4. The number of piperidine rings is 1. The summed E-state index contributed by atoms with van der Waals surface area (Å²) in [7, 11) is 0. The zero-order valence-electron chi connectivity index (χ0n) is 32.5. The fraction of sp³-hybridized carbons (Fsp3) is 0.634. The Hall–Kier alpha value is -3.84. The number of rotatable bonds is 17. The van der Waals surface area contributed by atoms with Gasteiger partial charge in [-0.1, -0.05) is 81.8 Å². The van der Waals surface area contributed by atoms with Crippen molar-refractivity contribution in [3.8, 4) is 0 Å². The lowest BCUT2D eigenvalue weighted by Gasteiger charge is -2.33. The molecule has 1 saturated carbocycles. The van der Waals surface area contributed by atoms with Crippen molar-refractivity contribution >= 4 is 35.8 Å². The van der Waals surface area contributed by atoms with Crippen molar-refractivity contribution in [3.63, 3.8) is 0 Å². The summed E-state index contributed by atoms with van der Waals surface area (Å²) >= 11 is 1.57. The van der Waals surface area contributed by atoms with Crippen LogP contribution in [0.3, 0.4) is 0 Å². The van der Waals surface area contributed by atoms with Crippen LogP contribution in [0, 0.1) is 5.92 Å². The summed E-state index contributed by atoms with van der Waals surface area (Å²) < 4.78 is 11.3. The van der Waals surface area contributed by atoms with Crippen molar-refractivity contribution in [2.45, 2.75) is 146 Å². The van der Waals surface area contributed by atoms with E-state index in [-0.39, 0.29) is 18.4 Å². The number of nitrogens with one attached hydrogen (secondary N) is 3. The third-order valence-corrected chi connectivity index (χ3v) is 10.9. The van der Waals surface area contributed by atoms with Gasteiger partial charge in [-0.05, 0) is 76.5 Å². The van der Waals surface area contributed by atoms with Crippen LogP contribution >= 0.6 is 11.8 Å². The molecule has 0 unspecified atom stereocenters. The summed E-state index contributed by atoms with van der Waals surface area (Å²) in [6.07, 6.45) is 7.63. The predicted molar refractivity (Wildman–Crippen MR) is 210 cm³/mol. The summed E-state index contributed by atoms with van der Waals surface area (Å²) in [6, 6.07) is 13.6. The number of aliphatic hydroxyl groups excluding tert-OH is 1. The lowest BCUT2D eigenvalue weighted by molar-refractivity contribution is -0.135. The topological polar surface area (TPSA) is 159 Å². The first-order valence-electron chi connectivity index (χ1n) is 19.7. The second kappa shape index (κ2) is 21.9. The van der Waals surface area contributed by atoms with Crippen molar-refractivity contribution in [2.24, 2.45) is 5.92 Å². The van der Waals surface area contributed by atoms with Crippen LogP contribution in [-0.4, -0.2) is 93.8 Å². The second-order valence-electron chi connectivity index (χ2n) is 15.5. The Labute approximate surface area is 325 Å². The normalized spacial score (nSPS) is 17.8. The van der Waals surface area contributed by atoms with Gasteiger partial charge in [-0.25, -0.2) is 14.6 Å². The fourth-order valence-corrected chi connectivity index (χ4v) is 7.89. The molecule has 4 atom stereocenters. The van der Waals surface area contributed by atoms with Crippen LogP contribution in [0.5, 0.6) is 0 Å². The summed E-state index contributed by atoms with van der Waals surface area (Å²) in [5.41, 5.74) is 0.193. The molecular formula is C41H61N5O7S. The third kappa shape index (κ3) is 15.1. The minimum atomic E-state index is -1.18. The first-order valence-corrected chi connectivity index (χ1v) is 20.7. The van der Waals surface area contributed by atoms with Gasteiger partial charge in [0.2, 0.25) is 5.91 Å². The van der Waals surface area contributed by atoms with E-state index in [1.165, 1.54) is 11.3 Å². The Morgan fingerprint density at radius 2 is 1.63 bits per heavy atom. The van der Waals surface area contributed by atoms with Gasteiger partial charge < -0.3 is 35.4 Å². The molecule has 4 amide bonds. The molecule has 2 fully saturated rings. The number of pyridine rings is 1. The SMILES string of the molecule is CCC[C@H](NC(=O)[C@H](Cc1ccccc1)OC(=O)N1CCC(NC(=O)OC(C)(C)C)CC1)C(=O)N[C@@H](CC1CCCCC1)[C@@H](O)CCSc1ccccn1. The first-order chi connectivity index (χ1) is 25.9. The van der Waals surface area contributed by atoms with E-state index in [1.807, 2.05) is 55.5 Å². The van der Waals surface area contributed by atoms with E-state index in [0.29, 0.717) is 63.3 Å². The van der Waals surface area contributed by atoms with Crippen LogP contribution in [0.25, 0.3) is 0 Å². The molecule has 1 saturated heterocycles. The minimum absolute atomic E-state index is 0.131. The number of carbonyl (C=O) groups is 4. The number of hydrogen-bond donors (Lipinski definition) is 4. The molecule has 0 spiro atoms. The highest BCUT2D eigenvalue weighted by Crippen LogP contribution is 2.29. The number of carbonyl (C=O) groups excluding carboxylic acids is 4. The maximum Gasteiger partial charge on any atom is 0.410 e. The monoisotopic (exact) mass is 767 g/mol. The molecule has 12 nitrogen and oxygen atoms in total. The standard InChI is InChI=1S/C41H61N5O7S/c1-5-14-32(37(48)45-33(27-29-15-8-6-9-16-29)34(47)22-26-54-36-19-12-13-23-42-36)44-38(49)35(28-30-17-10-7-11-18-30)52-40(51)46-24-20-31(21-25-46)43-39(50)53-41(2,3)4/h7,10-13,17-19,23,29,31-35,47H,5-6,8-9,14-16,20-22,24-28H2,1-4H3,(H,43,50)(H,44,49)(H,45,48)/t32-,33-,34-,35-/m0/s1. The molecule has 4 N–H and O–H groups in total. The predicted octanol–water partition coefficient (Wildman–Crippen LogP) is 6.40. The molecule has 1 aliphatic carbocycles. The average molecular weight is 768 g/mol. The Morgan fingerprint density at radius 1 is 0.926 bits per heavy atom. The Morgan fingerprint density at radius 3 is 2.28 bits per heavy atom. The second-order valence-corrected chi connectivity index (χ2v) is 16.7. The lowest BCUT2D eigenvalue weighted by atomic mass is 9.83. The molecule has 298 valence electrons. The molecule has 2 aliphatic rings. The Kier molecular flexibility index (Phi) is 17.4. The minimum Gasteiger partial charge on any atom is -0.444 e. The van der Waals surface area contributed by atoms with E-state index >= 15 is 0 Å². The van der Waals surface area contributed by atoms with E-state index in [4.69, 9.17) is 9.47 Å². The quantitative estimate of drug-likeness (QED) is 0.134. The molecule has 1 aromatic carbocycles. The largest absolute Gasteiger partial charge is 0.444 e. The average Bonchev–Trinajstić information content (AvgIpc) is 3.14. The van der Waals surface area contributed by atoms with Gasteiger partial charge in [0.1, 0.15) is 11.6 Å². The van der Waals surface area contributed by atoms with Gasteiger partial charge >= 0.3 is 12.2 Å². The van der Waals surface area contributed by atoms with Crippen molar-refractivity contribution in [3.05, 3.63) is 60.3 Å². The van der Waals surface area contributed by atoms with Crippen molar-refractivity contribution in [1.82, 2.24) is 25.8 Å². The van der Waals surface area contributed by atoms with Crippen LogP contribution in [0.4, 0.5) is 9.59 Å². The first kappa shape index (κ1) is 42.9. The molecule has 4 rings (SSSR count). The number of thioether (sulfide) groups is 1. The molecule has 2 heterocycles. The van der Waals surface area contributed by atoms with Crippen LogP contribution in [-0.2, 0) is 25.5 Å². The van der Waals surface area contributed by atoms with Crippen LogP contribution in [0.15, 0.2) is 59.8 Å². The highest BCUT2D eigenvalue weighted by molar-refractivity contribution is 7.99. The van der Waals surface area contributed by atoms with Crippen molar-refractivity contribution < 1.29 is 33.8 Å². The Bertz CT molecular complexity index is 1450. The van der Waals surface area contributed by atoms with E-state index in [2.05, 4.69) is 20.9 Å². The number of aliphatic hydroxyl groups is 1. The number of alkyl carbamates (subject to hydrolysis) is 1. The molecule has 0 bridgehead atoms. The fourth-order valence-electron chi connectivity index (χ4n) is 7.01. The summed E-state index contributed by atoms with van der Waals surface area (Å²) in [6.45, 7) is 8.02. The number of likely N-dealkylation sites (tertiary alicyclic amines) is 1. The van der Waals surface area contributed by atoms with Crippen molar-refractivity contribution in [2.75, 3.05) is 18.8 Å². The van der Waals surface area contributed by atoms with E-state index in [1.54, 1.807) is 38.7 Å². The summed E-state index contributed by atoms with van der Waals surface area (Å²) in [5.74, 6) is 0.147. The van der Waals surface area contributed by atoms with E-state index < -0.39 is 48.0 Å². The van der Waals surface area contributed by atoms with Gasteiger partial charge in [0, 0.05) is 37.5 Å².